The van der Waals surface area contributed by atoms with Crippen molar-refractivity contribution >= 4 is 34.4 Å². The van der Waals surface area contributed by atoms with E-state index in [0.29, 0.717) is 12.7 Å². The van der Waals surface area contributed by atoms with Crippen LogP contribution in [-0.4, -0.2) is 27.8 Å². The van der Waals surface area contributed by atoms with Crippen molar-refractivity contribution in [2.75, 3.05) is 12.4 Å². The minimum Gasteiger partial charge on any atom is -0.495 e. The van der Waals surface area contributed by atoms with Gasteiger partial charge in [0.2, 0.25) is 5.13 Å². The molecule has 27 heavy (non-hydrogen) atoms. The molecule has 2 aromatic carbocycles. The van der Waals surface area contributed by atoms with Crippen LogP contribution < -0.4 is 10.1 Å². The number of hydrogen-bond donors (Lipinski definition) is 1. The lowest BCUT2D eigenvalue weighted by Crippen LogP contribution is -2.32. The van der Waals surface area contributed by atoms with Gasteiger partial charge in [-0.05, 0) is 43.8 Å². The van der Waals surface area contributed by atoms with E-state index in [9.17, 15) is 0 Å². The summed E-state index contributed by atoms with van der Waals surface area (Å²) >= 11 is 7.00. The maximum atomic E-state index is 5.54. The van der Waals surface area contributed by atoms with E-state index in [-0.39, 0.29) is 0 Å². The van der Waals surface area contributed by atoms with Crippen molar-refractivity contribution in [3.05, 3.63) is 64.1 Å². The third-order valence-electron chi connectivity index (χ3n) is 4.23. The summed E-state index contributed by atoms with van der Waals surface area (Å²) in [5.74, 6) is 0.776. The first-order chi connectivity index (χ1) is 13.1. The van der Waals surface area contributed by atoms with E-state index in [0.717, 1.165) is 27.1 Å². The first-order valence-corrected chi connectivity index (χ1v) is 10.0. The molecule has 0 atom stereocenters. The number of hydrogen-bond acceptors (Lipinski definition) is 6. The Balaban J connectivity index is 1.76. The van der Waals surface area contributed by atoms with Crippen LogP contribution in [-0.2, 0) is 13.2 Å². The van der Waals surface area contributed by atoms with Gasteiger partial charge < -0.3 is 10.1 Å². The van der Waals surface area contributed by atoms with Gasteiger partial charge in [-0.15, -0.1) is 5.10 Å². The largest absolute Gasteiger partial charge is 0.495 e. The summed E-state index contributed by atoms with van der Waals surface area (Å²) in [6, 6.07) is 18.6. The predicted molar refractivity (Wildman–Crippen MR) is 114 cm³/mol. The van der Waals surface area contributed by atoms with Crippen LogP contribution in [0.1, 0.15) is 19.4 Å². The summed E-state index contributed by atoms with van der Waals surface area (Å²) in [5.41, 5.74) is 2.15. The minimum absolute atomic E-state index is 0.374. The molecule has 0 spiro atoms. The van der Waals surface area contributed by atoms with Crippen molar-refractivity contribution < 1.29 is 4.74 Å². The fourth-order valence-corrected chi connectivity index (χ4v) is 3.70. The normalized spacial score (nSPS) is 11.1. The minimum atomic E-state index is 0.374. The second-order valence-corrected chi connectivity index (χ2v) is 8.09. The van der Waals surface area contributed by atoms with Crippen molar-refractivity contribution in [3.8, 4) is 5.75 Å². The lowest BCUT2D eigenvalue weighted by molar-refractivity contribution is 0.154. The lowest BCUT2D eigenvalue weighted by Gasteiger charge is -2.26. The number of anilines is 2. The van der Waals surface area contributed by atoms with Crippen LogP contribution in [0.15, 0.2) is 54.6 Å². The average Bonchev–Trinajstić information content (AvgIpc) is 3.01. The smallest absolute Gasteiger partial charge is 0.209 e. The molecule has 1 N–H and O–H groups in total. The summed E-state index contributed by atoms with van der Waals surface area (Å²) in [7, 11) is 1.66. The molecule has 1 aromatic heterocycles. The molecule has 1 heterocycles. The molecular formula is C20H24N4OS2. The van der Waals surface area contributed by atoms with Crippen LogP contribution in [0.25, 0.3) is 0 Å². The Morgan fingerprint density at radius 3 is 2.56 bits per heavy atom. The van der Waals surface area contributed by atoms with Crippen LogP contribution in [0.5, 0.6) is 5.75 Å². The van der Waals surface area contributed by atoms with Crippen molar-refractivity contribution in [1.29, 1.82) is 0 Å². The lowest BCUT2D eigenvalue weighted by atomic mass is 10.2. The van der Waals surface area contributed by atoms with Gasteiger partial charge in [0.1, 0.15) is 5.75 Å². The highest BCUT2D eigenvalue weighted by molar-refractivity contribution is 7.73. The predicted octanol–water partition coefficient (Wildman–Crippen LogP) is 5.29. The van der Waals surface area contributed by atoms with Crippen LogP contribution in [0.4, 0.5) is 10.8 Å². The van der Waals surface area contributed by atoms with Gasteiger partial charge in [0.15, 0.2) is 3.95 Å². The van der Waals surface area contributed by atoms with E-state index in [2.05, 4.69) is 53.4 Å². The fraction of sp³-hybridized carbons (Fsp3) is 0.300. The zero-order valence-corrected chi connectivity index (χ0v) is 17.4. The van der Waals surface area contributed by atoms with E-state index in [4.69, 9.17) is 17.0 Å². The second kappa shape index (κ2) is 9.12. The molecule has 0 aliphatic rings. The van der Waals surface area contributed by atoms with E-state index in [1.54, 1.807) is 7.11 Å². The van der Waals surface area contributed by atoms with E-state index in [1.807, 2.05) is 35.0 Å². The fourth-order valence-electron chi connectivity index (χ4n) is 2.70. The zero-order chi connectivity index (χ0) is 19.2. The van der Waals surface area contributed by atoms with Crippen molar-refractivity contribution in [2.24, 2.45) is 0 Å². The highest BCUT2D eigenvalue weighted by Crippen LogP contribution is 2.28. The first kappa shape index (κ1) is 19.5. The standard InChI is InChI=1S/C20H24N4OS2/c1-15(2)23(13-16-9-5-4-6-10-16)14-24-20(26)27-19(22-24)21-17-11-7-8-12-18(17)25-3/h4-12,15H,13-14H2,1-3H3,(H,21,22). The number of rotatable bonds is 8. The van der Waals surface area contributed by atoms with Gasteiger partial charge >= 0.3 is 0 Å². The Kier molecular flexibility index (Phi) is 6.60. The van der Waals surface area contributed by atoms with E-state index < -0.39 is 0 Å². The molecule has 0 amide bonds. The highest BCUT2D eigenvalue weighted by Gasteiger charge is 2.14. The molecular weight excluding hydrogens is 376 g/mol. The molecule has 3 aromatic rings. The SMILES string of the molecule is COc1ccccc1Nc1nn(CN(Cc2ccccc2)C(C)C)c(=S)s1. The number of ether oxygens (including phenoxy) is 1. The van der Waals surface area contributed by atoms with Gasteiger partial charge in [-0.3, -0.25) is 4.90 Å². The quantitative estimate of drug-likeness (QED) is 0.520. The van der Waals surface area contributed by atoms with Crippen LogP contribution in [0.2, 0.25) is 0 Å². The average molecular weight is 401 g/mol. The van der Waals surface area contributed by atoms with Gasteiger partial charge in [0, 0.05) is 12.6 Å². The molecule has 0 aliphatic carbocycles. The van der Waals surface area contributed by atoms with Crippen molar-refractivity contribution in [2.45, 2.75) is 33.1 Å². The maximum absolute atomic E-state index is 5.54. The Morgan fingerprint density at radius 2 is 1.85 bits per heavy atom. The number of benzene rings is 2. The molecule has 3 rings (SSSR count). The maximum Gasteiger partial charge on any atom is 0.209 e. The van der Waals surface area contributed by atoms with Gasteiger partial charge in [-0.25, -0.2) is 4.68 Å². The molecule has 0 saturated carbocycles. The summed E-state index contributed by atoms with van der Waals surface area (Å²) in [4.78, 5) is 2.34. The summed E-state index contributed by atoms with van der Waals surface area (Å²) in [6.45, 7) is 5.88. The van der Waals surface area contributed by atoms with Gasteiger partial charge in [-0.2, -0.15) is 0 Å². The number of nitrogens with one attached hydrogen (secondary N) is 1. The van der Waals surface area contributed by atoms with Crippen LogP contribution in [0.3, 0.4) is 0 Å². The molecule has 0 unspecified atom stereocenters. The summed E-state index contributed by atoms with van der Waals surface area (Å²) in [5, 5.41) is 8.74. The van der Waals surface area contributed by atoms with E-state index in [1.165, 1.54) is 16.9 Å². The molecule has 0 bridgehead atoms. The number of aromatic nitrogens is 2. The third-order valence-corrected chi connectivity index (χ3v) is 5.45. The van der Waals surface area contributed by atoms with E-state index >= 15 is 0 Å². The topological polar surface area (TPSA) is 42.3 Å². The molecule has 7 heteroatoms. The molecule has 0 fully saturated rings. The molecule has 5 nitrogen and oxygen atoms in total. The Labute approximate surface area is 169 Å². The van der Waals surface area contributed by atoms with Crippen LogP contribution >= 0.6 is 23.6 Å². The molecule has 142 valence electrons. The Morgan fingerprint density at radius 1 is 1.15 bits per heavy atom. The summed E-state index contributed by atoms with van der Waals surface area (Å²) in [6.07, 6.45) is 0. The van der Waals surface area contributed by atoms with Crippen molar-refractivity contribution in [1.82, 2.24) is 14.7 Å². The number of methoxy groups -OCH3 is 1. The zero-order valence-electron chi connectivity index (χ0n) is 15.8. The third kappa shape index (κ3) is 5.15. The van der Waals surface area contributed by atoms with Crippen LogP contribution in [0, 0.1) is 3.95 Å². The number of para-hydroxylation sites is 2. The second-order valence-electron chi connectivity index (χ2n) is 6.47. The highest BCUT2D eigenvalue weighted by atomic mass is 32.1. The first-order valence-electron chi connectivity index (χ1n) is 8.83. The van der Waals surface area contributed by atoms with Gasteiger partial charge in [-0.1, -0.05) is 53.8 Å². The number of nitrogens with zero attached hydrogens (tertiary/aromatic N) is 3. The molecule has 0 aliphatic heterocycles. The molecule has 0 saturated heterocycles. The van der Waals surface area contributed by atoms with Gasteiger partial charge in [0.05, 0.1) is 19.5 Å². The monoisotopic (exact) mass is 400 g/mol. The summed E-state index contributed by atoms with van der Waals surface area (Å²) < 4.78 is 8.01. The van der Waals surface area contributed by atoms with Crippen molar-refractivity contribution in [3.63, 3.8) is 0 Å². The Hall–Kier alpha value is -2.22. The Bertz CT molecular complexity index is 921. The van der Waals surface area contributed by atoms with Gasteiger partial charge in [0.25, 0.3) is 0 Å². The molecule has 0 radical (unpaired) electrons.